The summed E-state index contributed by atoms with van der Waals surface area (Å²) in [4.78, 5) is 12.1. The molecule has 6 heteroatoms. The van der Waals surface area contributed by atoms with E-state index in [0.717, 1.165) is 0 Å². The molecule has 1 amide bonds. The standard InChI is InChI=1S/C11H13Cl4NO/c1-16(2)9(17)6-5-10(14)3-4-11(6,15)8(13)7(10)12/h6H,3-5H2,1-2H3. The van der Waals surface area contributed by atoms with Crippen LogP contribution in [0.25, 0.3) is 0 Å². The number of halogens is 4. The Morgan fingerprint density at radius 3 is 2.35 bits per heavy atom. The summed E-state index contributed by atoms with van der Waals surface area (Å²) in [5, 5.41) is 0.749. The maximum Gasteiger partial charge on any atom is 0.227 e. The van der Waals surface area contributed by atoms with Crippen LogP contribution in [0.5, 0.6) is 0 Å². The van der Waals surface area contributed by atoms with E-state index >= 15 is 0 Å². The maximum absolute atomic E-state index is 12.1. The van der Waals surface area contributed by atoms with Crippen LogP contribution in [-0.2, 0) is 4.79 Å². The third-order valence-electron chi connectivity index (χ3n) is 3.65. The molecule has 1 fully saturated rings. The molecule has 3 unspecified atom stereocenters. The first-order valence-corrected chi connectivity index (χ1v) is 6.89. The van der Waals surface area contributed by atoms with Crippen molar-refractivity contribution in [3.05, 3.63) is 10.1 Å². The molecule has 3 rings (SSSR count). The first-order valence-electron chi connectivity index (χ1n) is 5.37. The Balaban J connectivity index is 2.46. The van der Waals surface area contributed by atoms with Crippen molar-refractivity contribution in [2.24, 2.45) is 5.92 Å². The van der Waals surface area contributed by atoms with Crippen LogP contribution in [-0.4, -0.2) is 34.7 Å². The first-order chi connectivity index (χ1) is 7.72. The molecule has 2 nitrogen and oxygen atoms in total. The number of hydrogen-bond acceptors (Lipinski definition) is 1. The highest BCUT2D eigenvalue weighted by Gasteiger charge is 2.59. The number of hydrogen-bond donors (Lipinski definition) is 0. The van der Waals surface area contributed by atoms with Crippen LogP contribution < -0.4 is 0 Å². The van der Waals surface area contributed by atoms with E-state index in [-0.39, 0.29) is 5.91 Å². The molecule has 96 valence electrons. The minimum atomic E-state index is -0.878. The number of fused-ring (bicyclic) bond motifs is 2. The maximum atomic E-state index is 12.1. The van der Waals surface area contributed by atoms with Crippen molar-refractivity contribution >= 4 is 52.3 Å². The van der Waals surface area contributed by atoms with Crippen molar-refractivity contribution in [1.82, 2.24) is 4.90 Å². The minimum absolute atomic E-state index is 0.0490. The number of alkyl halides is 2. The van der Waals surface area contributed by atoms with Gasteiger partial charge in [-0.05, 0) is 19.3 Å². The van der Waals surface area contributed by atoms with Crippen LogP contribution in [0.15, 0.2) is 10.1 Å². The van der Waals surface area contributed by atoms with Gasteiger partial charge in [0.05, 0.1) is 25.7 Å². The smallest absolute Gasteiger partial charge is 0.227 e. The van der Waals surface area contributed by atoms with E-state index in [1.54, 1.807) is 14.1 Å². The van der Waals surface area contributed by atoms with Crippen molar-refractivity contribution < 1.29 is 4.79 Å². The Hall–Kier alpha value is 0.370. The molecule has 0 aromatic rings. The third kappa shape index (κ3) is 1.88. The largest absolute Gasteiger partial charge is 0.349 e. The highest BCUT2D eigenvalue weighted by Crippen LogP contribution is 2.61. The van der Waals surface area contributed by atoms with Gasteiger partial charge in [-0.3, -0.25) is 4.79 Å². The molecule has 2 bridgehead atoms. The van der Waals surface area contributed by atoms with E-state index in [2.05, 4.69) is 0 Å². The number of amides is 1. The van der Waals surface area contributed by atoms with E-state index in [9.17, 15) is 4.79 Å². The van der Waals surface area contributed by atoms with Crippen LogP contribution in [0.4, 0.5) is 0 Å². The lowest BCUT2D eigenvalue weighted by Gasteiger charge is -2.51. The average Bonchev–Trinajstić information content (AvgIpc) is 2.27. The third-order valence-corrected chi connectivity index (χ3v) is 6.20. The van der Waals surface area contributed by atoms with Gasteiger partial charge in [0.2, 0.25) is 5.91 Å². The van der Waals surface area contributed by atoms with Gasteiger partial charge in [0, 0.05) is 14.1 Å². The lowest BCUT2D eigenvalue weighted by molar-refractivity contribution is -0.135. The number of carbonyl (C=O) groups is 1. The van der Waals surface area contributed by atoms with Crippen LogP contribution in [0, 0.1) is 5.92 Å². The molecule has 0 N–H and O–H groups in total. The molecule has 1 saturated carbocycles. The second-order valence-corrected chi connectivity index (χ2v) is 7.10. The zero-order valence-electron chi connectivity index (χ0n) is 9.57. The lowest BCUT2D eigenvalue weighted by atomic mass is 9.67. The summed E-state index contributed by atoms with van der Waals surface area (Å²) in [6.07, 6.45) is 1.69. The molecular weight excluding hydrogens is 304 g/mol. The summed E-state index contributed by atoms with van der Waals surface area (Å²) in [6, 6.07) is 0. The van der Waals surface area contributed by atoms with E-state index < -0.39 is 15.7 Å². The quantitative estimate of drug-likeness (QED) is 0.678. The average molecular weight is 317 g/mol. The van der Waals surface area contributed by atoms with Crippen molar-refractivity contribution in [2.45, 2.75) is 29.0 Å². The molecule has 0 spiro atoms. The van der Waals surface area contributed by atoms with Crippen molar-refractivity contribution in [3.63, 3.8) is 0 Å². The highest BCUT2D eigenvalue weighted by molar-refractivity contribution is 6.49. The second kappa shape index (κ2) is 4.19. The van der Waals surface area contributed by atoms with Crippen molar-refractivity contribution in [2.75, 3.05) is 14.1 Å². The van der Waals surface area contributed by atoms with E-state index in [1.165, 1.54) is 4.90 Å². The summed E-state index contributed by atoms with van der Waals surface area (Å²) in [5.74, 6) is -0.451. The van der Waals surface area contributed by atoms with E-state index in [4.69, 9.17) is 46.4 Å². The normalized spacial score (nSPS) is 40.7. The van der Waals surface area contributed by atoms with Gasteiger partial charge in [0.1, 0.15) is 0 Å². The molecule has 3 aliphatic rings. The Bertz CT molecular complexity index is 408. The summed E-state index contributed by atoms with van der Waals surface area (Å²) >= 11 is 25.3. The molecule has 0 aromatic heterocycles. The summed E-state index contributed by atoms with van der Waals surface area (Å²) in [5.41, 5.74) is 0. The second-order valence-electron chi connectivity index (χ2n) is 4.95. The summed E-state index contributed by atoms with van der Waals surface area (Å²) in [6.45, 7) is 0. The monoisotopic (exact) mass is 315 g/mol. The fourth-order valence-corrected chi connectivity index (χ4v) is 4.12. The number of carbonyl (C=O) groups excluding carboxylic acids is 1. The first kappa shape index (κ1) is 13.8. The van der Waals surface area contributed by atoms with Gasteiger partial charge >= 0.3 is 0 Å². The zero-order valence-corrected chi connectivity index (χ0v) is 12.6. The predicted octanol–water partition coefficient (Wildman–Crippen LogP) is 3.53. The van der Waals surface area contributed by atoms with Gasteiger partial charge in [-0.1, -0.05) is 23.2 Å². The Morgan fingerprint density at radius 1 is 1.24 bits per heavy atom. The number of nitrogens with zero attached hydrogens (tertiary/aromatic N) is 1. The van der Waals surface area contributed by atoms with Gasteiger partial charge in [-0.2, -0.15) is 0 Å². The number of rotatable bonds is 1. The van der Waals surface area contributed by atoms with Crippen molar-refractivity contribution in [1.29, 1.82) is 0 Å². The van der Waals surface area contributed by atoms with Gasteiger partial charge in [-0.25, -0.2) is 0 Å². The molecule has 0 aliphatic heterocycles. The molecule has 3 atom stereocenters. The Labute approximate surface area is 121 Å². The van der Waals surface area contributed by atoms with Crippen molar-refractivity contribution in [3.8, 4) is 0 Å². The molecule has 0 heterocycles. The number of allylic oxidation sites excluding steroid dienone is 2. The fraction of sp³-hybridized carbons (Fsp3) is 0.727. The molecule has 0 radical (unpaired) electrons. The van der Waals surface area contributed by atoms with Crippen LogP contribution in [0.1, 0.15) is 19.3 Å². The van der Waals surface area contributed by atoms with Gasteiger partial charge in [-0.15, -0.1) is 23.2 Å². The molecular formula is C11H13Cl4NO. The SMILES string of the molecule is CN(C)C(=O)C1CC2(Cl)CCC1(Cl)C(Cl)=C2Cl. The zero-order chi connectivity index (χ0) is 13.0. The molecule has 0 aromatic carbocycles. The Morgan fingerprint density at radius 2 is 1.82 bits per heavy atom. The summed E-state index contributed by atoms with van der Waals surface area (Å²) < 4.78 is 0. The minimum Gasteiger partial charge on any atom is -0.349 e. The summed E-state index contributed by atoms with van der Waals surface area (Å²) in [7, 11) is 3.40. The topological polar surface area (TPSA) is 20.3 Å². The molecule has 17 heavy (non-hydrogen) atoms. The van der Waals surface area contributed by atoms with E-state index in [1.807, 2.05) is 0 Å². The highest BCUT2D eigenvalue weighted by atomic mass is 35.5. The predicted molar refractivity (Wildman–Crippen MR) is 71.9 cm³/mol. The molecule has 0 saturated heterocycles. The van der Waals surface area contributed by atoms with Gasteiger partial charge in [0.15, 0.2) is 0 Å². The van der Waals surface area contributed by atoms with Gasteiger partial charge < -0.3 is 4.90 Å². The Kier molecular flexibility index (Phi) is 3.40. The van der Waals surface area contributed by atoms with Crippen LogP contribution in [0.3, 0.4) is 0 Å². The van der Waals surface area contributed by atoms with Crippen LogP contribution >= 0.6 is 46.4 Å². The fourth-order valence-electron chi connectivity index (χ4n) is 2.58. The lowest BCUT2D eigenvalue weighted by Crippen LogP contribution is -2.55. The molecule has 3 aliphatic carbocycles. The van der Waals surface area contributed by atoms with Gasteiger partial charge in [0.25, 0.3) is 0 Å². The van der Waals surface area contributed by atoms with Crippen LogP contribution in [0.2, 0.25) is 0 Å². The van der Waals surface area contributed by atoms with E-state index in [0.29, 0.717) is 29.3 Å².